The van der Waals surface area contributed by atoms with Crippen LogP contribution in [0.3, 0.4) is 0 Å². The van der Waals surface area contributed by atoms with Crippen molar-refractivity contribution in [3.8, 4) is 0 Å². The van der Waals surface area contributed by atoms with Crippen molar-refractivity contribution in [3.05, 3.63) is 34.4 Å². The van der Waals surface area contributed by atoms with E-state index < -0.39 is 4.92 Å². The summed E-state index contributed by atoms with van der Waals surface area (Å²) >= 11 is 1.17. The highest BCUT2D eigenvalue weighted by Crippen LogP contribution is 2.27. The van der Waals surface area contributed by atoms with Gasteiger partial charge in [0.2, 0.25) is 0 Å². The number of carbonyl (C=O) groups is 1. The van der Waals surface area contributed by atoms with E-state index in [1.54, 1.807) is 18.2 Å². The van der Waals surface area contributed by atoms with Crippen molar-refractivity contribution in [2.75, 3.05) is 5.75 Å². The van der Waals surface area contributed by atoms with E-state index in [1.807, 2.05) is 0 Å². The first-order valence-electron chi connectivity index (χ1n) is 3.55. The Morgan fingerprint density at radius 2 is 2.15 bits per heavy atom. The zero-order chi connectivity index (χ0) is 9.68. The van der Waals surface area contributed by atoms with Gasteiger partial charge in [-0.15, -0.1) is 11.8 Å². The number of benzene rings is 1. The Hall–Kier alpha value is -1.36. The Balaban J connectivity index is 2.90. The number of nitro groups is 1. The molecule has 0 spiro atoms. The molecule has 0 amide bonds. The second-order valence-electron chi connectivity index (χ2n) is 2.20. The molecule has 5 heteroatoms. The van der Waals surface area contributed by atoms with Gasteiger partial charge in [-0.1, -0.05) is 12.1 Å². The van der Waals surface area contributed by atoms with Gasteiger partial charge in [0.25, 0.3) is 5.69 Å². The zero-order valence-electron chi connectivity index (χ0n) is 6.67. The third-order valence-electron chi connectivity index (χ3n) is 1.37. The summed E-state index contributed by atoms with van der Waals surface area (Å²) in [6.45, 7) is 0. The minimum atomic E-state index is -0.451. The number of rotatable bonds is 4. The summed E-state index contributed by atoms with van der Waals surface area (Å²) in [6.07, 6.45) is 0.724. The number of nitro benzene ring substituents is 1. The van der Waals surface area contributed by atoms with Crippen LogP contribution in [0.2, 0.25) is 0 Å². The lowest BCUT2D eigenvalue weighted by molar-refractivity contribution is -0.387. The normalized spacial score (nSPS) is 9.54. The molecule has 0 aliphatic heterocycles. The maximum absolute atomic E-state index is 10.5. The monoisotopic (exact) mass is 197 g/mol. The van der Waals surface area contributed by atoms with Crippen molar-refractivity contribution < 1.29 is 9.72 Å². The van der Waals surface area contributed by atoms with E-state index >= 15 is 0 Å². The van der Waals surface area contributed by atoms with Gasteiger partial charge in [-0.25, -0.2) is 0 Å². The highest BCUT2D eigenvalue weighted by Gasteiger charge is 2.11. The van der Waals surface area contributed by atoms with Crippen molar-refractivity contribution >= 4 is 23.7 Å². The molecule has 0 aromatic heterocycles. The molecular formula is C8H7NO3S. The van der Waals surface area contributed by atoms with Crippen LogP contribution in [0.1, 0.15) is 0 Å². The molecule has 0 bridgehead atoms. The largest absolute Gasteiger partial charge is 0.302 e. The molecule has 0 heterocycles. The number of hydrogen-bond acceptors (Lipinski definition) is 4. The van der Waals surface area contributed by atoms with E-state index in [1.165, 1.54) is 17.8 Å². The molecule has 4 nitrogen and oxygen atoms in total. The summed E-state index contributed by atoms with van der Waals surface area (Å²) in [7, 11) is 0. The molecule has 1 aromatic rings. The number of carbonyl (C=O) groups excluding carboxylic acids is 1. The van der Waals surface area contributed by atoms with Crippen LogP contribution in [0.15, 0.2) is 29.2 Å². The Labute approximate surface area is 79.1 Å². The van der Waals surface area contributed by atoms with Gasteiger partial charge in [0.15, 0.2) is 0 Å². The molecule has 0 saturated carbocycles. The maximum atomic E-state index is 10.5. The first kappa shape index (κ1) is 9.73. The molecule has 0 saturated heterocycles. The lowest BCUT2D eigenvalue weighted by Gasteiger charge is -1.98. The van der Waals surface area contributed by atoms with Gasteiger partial charge < -0.3 is 4.79 Å². The van der Waals surface area contributed by atoms with E-state index in [0.717, 1.165) is 6.29 Å². The van der Waals surface area contributed by atoms with Gasteiger partial charge in [-0.2, -0.15) is 0 Å². The second kappa shape index (κ2) is 4.61. The van der Waals surface area contributed by atoms with Gasteiger partial charge in [0.05, 0.1) is 15.6 Å². The first-order chi connectivity index (χ1) is 6.25. The topological polar surface area (TPSA) is 60.2 Å². The summed E-state index contributed by atoms with van der Waals surface area (Å²) < 4.78 is 0. The minimum Gasteiger partial charge on any atom is -0.302 e. The zero-order valence-corrected chi connectivity index (χ0v) is 7.49. The number of aldehydes is 1. The molecule has 1 rings (SSSR count). The SMILES string of the molecule is O=CCSc1ccccc1[N+](=O)[O-]. The average Bonchev–Trinajstić information content (AvgIpc) is 2.15. The van der Waals surface area contributed by atoms with E-state index in [-0.39, 0.29) is 11.4 Å². The van der Waals surface area contributed by atoms with Crippen molar-refractivity contribution in [1.29, 1.82) is 0 Å². The first-order valence-corrected chi connectivity index (χ1v) is 4.54. The number of hydrogen-bond donors (Lipinski definition) is 0. The van der Waals surface area contributed by atoms with Crippen molar-refractivity contribution in [2.45, 2.75) is 4.90 Å². The van der Waals surface area contributed by atoms with Crippen molar-refractivity contribution in [2.24, 2.45) is 0 Å². The van der Waals surface area contributed by atoms with Crippen LogP contribution in [0.4, 0.5) is 5.69 Å². The summed E-state index contributed by atoms with van der Waals surface area (Å²) in [5.74, 6) is 0.241. The number of thioether (sulfide) groups is 1. The van der Waals surface area contributed by atoms with Crippen LogP contribution >= 0.6 is 11.8 Å². The van der Waals surface area contributed by atoms with E-state index in [0.29, 0.717) is 4.90 Å². The van der Waals surface area contributed by atoms with Gasteiger partial charge >= 0.3 is 0 Å². The lowest BCUT2D eigenvalue weighted by atomic mass is 10.3. The molecule has 0 N–H and O–H groups in total. The molecule has 0 aliphatic rings. The van der Waals surface area contributed by atoms with E-state index in [9.17, 15) is 14.9 Å². The van der Waals surface area contributed by atoms with Gasteiger partial charge in [-0.3, -0.25) is 10.1 Å². The van der Waals surface area contributed by atoms with Crippen molar-refractivity contribution in [1.82, 2.24) is 0 Å². The van der Waals surface area contributed by atoms with Crippen LogP contribution in [-0.4, -0.2) is 17.0 Å². The number of para-hydroxylation sites is 1. The predicted molar refractivity (Wildman–Crippen MR) is 49.9 cm³/mol. The molecule has 0 aliphatic carbocycles. The smallest absolute Gasteiger partial charge is 0.282 e. The molecule has 1 aromatic carbocycles. The lowest BCUT2D eigenvalue weighted by Crippen LogP contribution is -1.90. The van der Waals surface area contributed by atoms with Crippen molar-refractivity contribution in [3.63, 3.8) is 0 Å². The third-order valence-corrected chi connectivity index (χ3v) is 2.33. The molecule has 0 atom stereocenters. The fourth-order valence-corrected chi connectivity index (χ4v) is 1.57. The standard InChI is InChI=1S/C8H7NO3S/c10-5-6-13-8-4-2-1-3-7(8)9(11)12/h1-5H,6H2. The highest BCUT2D eigenvalue weighted by atomic mass is 32.2. The second-order valence-corrected chi connectivity index (χ2v) is 3.26. The average molecular weight is 197 g/mol. The number of nitrogens with zero attached hydrogens (tertiary/aromatic N) is 1. The quantitative estimate of drug-likeness (QED) is 0.320. The van der Waals surface area contributed by atoms with E-state index in [2.05, 4.69) is 0 Å². The van der Waals surface area contributed by atoms with Gasteiger partial charge in [-0.05, 0) is 6.07 Å². The Morgan fingerprint density at radius 3 is 2.77 bits per heavy atom. The van der Waals surface area contributed by atoms with Gasteiger partial charge in [0.1, 0.15) is 6.29 Å². The minimum absolute atomic E-state index is 0.0503. The van der Waals surface area contributed by atoms with Crippen LogP contribution < -0.4 is 0 Å². The van der Waals surface area contributed by atoms with Crippen LogP contribution in [0.5, 0.6) is 0 Å². The molecule has 0 radical (unpaired) electrons. The van der Waals surface area contributed by atoms with Crippen LogP contribution in [0, 0.1) is 10.1 Å². The Bertz CT molecular complexity index is 327. The molecule has 0 fully saturated rings. The van der Waals surface area contributed by atoms with Gasteiger partial charge in [0, 0.05) is 6.07 Å². The summed E-state index contributed by atoms with van der Waals surface area (Å²) in [5, 5.41) is 10.5. The Morgan fingerprint density at radius 1 is 1.46 bits per heavy atom. The predicted octanol–water partition coefficient (Wildman–Crippen LogP) is 1.89. The fourth-order valence-electron chi connectivity index (χ4n) is 0.854. The summed E-state index contributed by atoms with van der Waals surface area (Å²) in [5.41, 5.74) is 0.0503. The molecular weight excluding hydrogens is 190 g/mol. The highest BCUT2D eigenvalue weighted by molar-refractivity contribution is 8.00. The maximum Gasteiger partial charge on any atom is 0.282 e. The van der Waals surface area contributed by atoms with Crippen LogP contribution in [-0.2, 0) is 4.79 Å². The molecule has 13 heavy (non-hydrogen) atoms. The van der Waals surface area contributed by atoms with E-state index in [4.69, 9.17) is 0 Å². The van der Waals surface area contributed by atoms with Crippen LogP contribution in [0.25, 0.3) is 0 Å². The molecule has 0 unspecified atom stereocenters. The molecule has 68 valence electrons. The third kappa shape index (κ3) is 2.55. The Kier molecular flexibility index (Phi) is 3.45. The fraction of sp³-hybridized carbons (Fsp3) is 0.125. The summed E-state index contributed by atoms with van der Waals surface area (Å²) in [4.78, 5) is 20.6. The summed E-state index contributed by atoms with van der Waals surface area (Å²) in [6, 6.07) is 6.36.